The number of aromatic nitrogens is 1. The molecule has 1 aromatic heterocycles. The summed E-state index contributed by atoms with van der Waals surface area (Å²) in [5.74, 6) is 0.798. The molecule has 5 heteroatoms. The van der Waals surface area contributed by atoms with Gasteiger partial charge in [0.05, 0.1) is 19.4 Å². The van der Waals surface area contributed by atoms with Crippen LogP contribution in [0, 0.1) is 5.92 Å². The fraction of sp³-hybridized carbons (Fsp3) is 0.667. The molecule has 5 nitrogen and oxygen atoms in total. The van der Waals surface area contributed by atoms with E-state index in [9.17, 15) is 4.79 Å². The van der Waals surface area contributed by atoms with Crippen LogP contribution in [0.3, 0.4) is 0 Å². The number of carbonyl (C=O) groups excluding carboxylic acids is 1. The van der Waals surface area contributed by atoms with Crippen molar-refractivity contribution in [3.63, 3.8) is 0 Å². The molecule has 1 aromatic rings. The molecule has 1 saturated heterocycles. The molecule has 130 valence electrons. The summed E-state index contributed by atoms with van der Waals surface area (Å²) in [6.45, 7) is 10.7. The van der Waals surface area contributed by atoms with Gasteiger partial charge >= 0.3 is 5.97 Å². The number of nitrogens with one attached hydrogen (secondary N) is 1. The Morgan fingerprint density at radius 2 is 1.96 bits per heavy atom. The number of rotatable bonds is 6. The molecule has 0 saturated carbocycles. The minimum atomic E-state index is -0.338. The third-order valence-electron chi connectivity index (χ3n) is 3.68. The number of pyridine rings is 1. The van der Waals surface area contributed by atoms with Gasteiger partial charge in [0.25, 0.3) is 0 Å². The van der Waals surface area contributed by atoms with Crippen LogP contribution in [0.1, 0.15) is 56.6 Å². The zero-order chi connectivity index (χ0) is 17.1. The van der Waals surface area contributed by atoms with Crippen LogP contribution in [0.5, 0.6) is 5.75 Å². The summed E-state index contributed by atoms with van der Waals surface area (Å²) >= 11 is 0. The predicted molar refractivity (Wildman–Crippen MR) is 92.0 cm³/mol. The molecule has 1 aliphatic rings. The first-order chi connectivity index (χ1) is 11.2. The molecule has 0 bridgehead atoms. The Labute approximate surface area is 139 Å². The number of esters is 1. The SMILES string of the molecule is CC.CCOC(=O)c1cc(CC2CCNCC2)ncc1OCC. The van der Waals surface area contributed by atoms with Crippen LogP contribution in [-0.2, 0) is 11.2 Å². The predicted octanol–water partition coefficient (Wildman–Crippen LogP) is 3.23. The topological polar surface area (TPSA) is 60.5 Å². The van der Waals surface area contributed by atoms with E-state index in [1.807, 2.05) is 26.8 Å². The number of hydrogen-bond acceptors (Lipinski definition) is 5. The molecule has 0 aliphatic carbocycles. The van der Waals surface area contributed by atoms with Gasteiger partial charge in [0.1, 0.15) is 5.56 Å². The van der Waals surface area contributed by atoms with E-state index in [1.54, 1.807) is 13.1 Å². The van der Waals surface area contributed by atoms with Gasteiger partial charge in [0.2, 0.25) is 0 Å². The minimum Gasteiger partial charge on any atom is -0.491 e. The summed E-state index contributed by atoms with van der Waals surface area (Å²) in [4.78, 5) is 16.5. The van der Waals surface area contributed by atoms with Crippen LogP contribution in [0.25, 0.3) is 0 Å². The molecule has 1 aliphatic heterocycles. The van der Waals surface area contributed by atoms with Crippen LogP contribution >= 0.6 is 0 Å². The standard InChI is InChI=1S/C16H24N2O3.C2H6/c1-3-20-15-11-18-13(9-12-5-7-17-8-6-12)10-14(15)16(19)21-4-2;1-2/h10-12,17H,3-9H2,1-2H3;1-2H3. The van der Waals surface area contributed by atoms with Crippen molar-refractivity contribution in [1.29, 1.82) is 0 Å². The number of hydrogen-bond donors (Lipinski definition) is 1. The summed E-state index contributed by atoms with van der Waals surface area (Å²) in [6, 6.07) is 1.82. The van der Waals surface area contributed by atoms with E-state index in [2.05, 4.69) is 10.3 Å². The average Bonchev–Trinajstić information content (AvgIpc) is 2.59. The number of ether oxygens (including phenoxy) is 2. The molecule has 2 heterocycles. The first kappa shape index (κ1) is 19.4. The number of piperidine rings is 1. The minimum absolute atomic E-state index is 0.338. The fourth-order valence-corrected chi connectivity index (χ4v) is 2.62. The summed E-state index contributed by atoms with van der Waals surface area (Å²) in [5, 5.41) is 3.36. The van der Waals surface area contributed by atoms with Crippen LogP contribution < -0.4 is 10.1 Å². The van der Waals surface area contributed by atoms with Gasteiger partial charge in [-0.05, 0) is 58.2 Å². The van der Waals surface area contributed by atoms with Gasteiger partial charge in [-0.3, -0.25) is 4.98 Å². The van der Waals surface area contributed by atoms with E-state index in [1.165, 1.54) is 0 Å². The van der Waals surface area contributed by atoms with Gasteiger partial charge in [-0.25, -0.2) is 4.79 Å². The highest BCUT2D eigenvalue weighted by Crippen LogP contribution is 2.23. The fourth-order valence-electron chi connectivity index (χ4n) is 2.62. The lowest BCUT2D eigenvalue weighted by Gasteiger charge is -2.22. The van der Waals surface area contributed by atoms with E-state index in [0.29, 0.717) is 30.4 Å². The lowest BCUT2D eigenvalue weighted by molar-refractivity contribution is 0.0521. The van der Waals surface area contributed by atoms with Gasteiger partial charge in [-0.1, -0.05) is 13.8 Å². The number of nitrogens with zero attached hydrogens (tertiary/aromatic N) is 1. The van der Waals surface area contributed by atoms with Crippen molar-refractivity contribution in [2.45, 2.75) is 47.0 Å². The second kappa shape index (κ2) is 11.0. The Bertz CT molecular complexity index is 471. The zero-order valence-corrected chi connectivity index (χ0v) is 14.9. The summed E-state index contributed by atoms with van der Waals surface area (Å²) < 4.78 is 10.6. The van der Waals surface area contributed by atoms with Gasteiger partial charge < -0.3 is 14.8 Å². The summed E-state index contributed by atoms with van der Waals surface area (Å²) in [7, 11) is 0. The maximum absolute atomic E-state index is 12.0. The normalized spacial score (nSPS) is 14.6. The van der Waals surface area contributed by atoms with Crippen molar-refractivity contribution in [1.82, 2.24) is 10.3 Å². The summed E-state index contributed by atoms with van der Waals surface area (Å²) in [5.41, 5.74) is 1.42. The molecule has 0 atom stereocenters. The third kappa shape index (κ3) is 6.18. The number of carbonyl (C=O) groups is 1. The molecule has 23 heavy (non-hydrogen) atoms. The highest BCUT2D eigenvalue weighted by atomic mass is 16.5. The molecular weight excluding hydrogens is 292 g/mol. The zero-order valence-electron chi connectivity index (χ0n) is 14.9. The first-order valence-electron chi connectivity index (χ1n) is 8.74. The van der Waals surface area contributed by atoms with E-state index in [-0.39, 0.29) is 5.97 Å². The van der Waals surface area contributed by atoms with Crippen molar-refractivity contribution < 1.29 is 14.3 Å². The maximum Gasteiger partial charge on any atom is 0.342 e. The van der Waals surface area contributed by atoms with E-state index < -0.39 is 0 Å². The smallest absolute Gasteiger partial charge is 0.342 e. The Morgan fingerprint density at radius 1 is 1.26 bits per heavy atom. The molecule has 0 amide bonds. The van der Waals surface area contributed by atoms with Crippen LogP contribution in [0.15, 0.2) is 12.3 Å². The van der Waals surface area contributed by atoms with Gasteiger partial charge in [-0.15, -0.1) is 0 Å². The van der Waals surface area contributed by atoms with Gasteiger partial charge in [0, 0.05) is 5.69 Å². The van der Waals surface area contributed by atoms with Crippen LogP contribution in [0.4, 0.5) is 0 Å². The molecule has 2 rings (SSSR count). The van der Waals surface area contributed by atoms with Crippen molar-refractivity contribution in [2.24, 2.45) is 5.92 Å². The monoisotopic (exact) mass is 322 g/mol. The Kier molecular flexibility index (Phi) is 9.29. The molecule has 0 aromatic carbocycles. The van der Waals surface area contributed by atoms with Crippen molar-refractivity contribution >= 4 is 5.97 Å². The molecular formula is C18H30N2O3. The van der Waals surface area contributed by atoms with E-state index >= 15 is 0 Å². The second-order valence-electron chi connectivity index (χ2n) is 5.22. The van der Waals surface area contributed by atoms with Crippen LogP contribution in [-0.4, -0.2) is 37.3 Å². The average molecular weight is 322 g/mol. The van der Waals surface area contributed by atoms with Crippen molar-refractivity contribution in [3.8, 4) is 5.75 Å². The highest BCUT2D eigenvalue weighted by Gasteiger charge is 2.18. The lowest BCUT2D eigenvalue weighted by atomic mass is 9.92. The van der Waals surface area contributed by atoms with Gasteiger partial charge in [-0.2, -0.15) is 0 Å². The molecule has 0 radical (unpaired) electrons. The maximum atomic E-state index is 12.0. The summed E-state index contributed by atoms with van der Waals surface area (Å²) in [6.07, 6.45) is 4.86. The van der Waals surface area contributed by atoms with Crippen LogP contribution in [0.2, 0.25) is 0 Å². The Balaban J connectivity index is 0.00000127. The molecule has 1 fully saturated rings. The highest BCUT2D eigenvalue weighted by molar-refractivity contribution is 5.92. The molecule has 0 spiro atoms. The van der Waals surface area contributed by atoms with Crippen molar-refractivity contribution in [3.05, 3.63) is 23.5 Å². The third-order valence-corrected chi connectivity index (χ3v) is 3.68. The van der Waals surface area contributed by atoms with Crippen molar-refractivity contribution in [2.75, 3.05) is 26.3 Å². The largest absolute Gasteiger partial charge is 0.491 e. The molecule has 1 N–H and O–H groups in total. The first-order valence-corrected chi connectivity index (χ1v) is 8.74. The quantitative estimate of drug-likeness (QED) is 0.815. The van der Waals surface area contributed by atoms with Gasteiger partial charge in [0.15, 0.2) is 5.75 Å². The van der Waals surface area contributed by atoms with E-state index in [0.717, 1.165) is 38.0 Å². The lowest BCUT2D eigenvalue weighted by Crippen LogP contribution is -2.28. The van der Waals surface area contributed by atoms with E-state index in [4.69, 9.17) is 9.47 Å². The molecule has 0 unspecified atom stereocenters. The second-order valence-corrected chi connectivity index (χ2v) is 5.22. The Morgan fingerprint density at radius 3 is 2.57 bits per heavy atom. The Hall–Kier alpha value is -1.62.